The maximum Gasteiger partial charge on any atom is 0.195 e. The topological polar surface area (TPSA) is 43.1 Å². The van der Waals surface area contributed by atoms with Crippen LogP contribution >= 0.6 is 15.9 Å². The Balaban J connectivity index is 2.08. The van der Waals surface area contributed by atoms with Crippen LogP contribution in [0.2, 0.25) is 0 Å². The predicted octanol–water partition coefficient (Wildman–Crippen LogP) is 4.42. The molecule has 0 unspecified atom stereocenters. The summed E-state index contributed by atoms with van der Waals surface area (Å²) in [7, 11) is 0. The summed E-state index contributed by atoms with van der Waals surface area (Å²) in [6.07, 6.45) is 0. The Hall–Kier alpha value is -2.13. The molecule has 0 heterocycles. The fourth-order valence-electron chi connectivity index (χ4n) is 2.23. The normalized spacial score (nSPS) is 10.7. The molecule has 2 N–H and O–H groups in total. The largest absolute Gasteiger partial charge is 0.398 e. The van der Waals surface area contributed by atoms with Crippen molar-refractivity contribution in [3.8, 4) is 0 Å². The molecule has 0 aliphatic carbocycles. The van der Waals surface area contributed by atoms with Crippen LogP contribution in [0, 0.1) is 0 Å². The Morgan fingerprint density at radius 1 is 0.900 bits per heavy atom. The first-order valence-electron chi connectivity index (χ1n) is 6.24. The molecule has 2 nitrogen and oxygen atoms in total. The second-order valence-electron chi connectivity index (χ2n) is 4.62. The summed E-state index contributed by atoms with van der Waals surface area (Å²) in [4.78, 5) is 12.5. The van der Waals surface area contributed by atoms with Crippen LogP contribution in [0.25, 0.3) is 10.8 Å². The Kier molecular flexibility index (Phi) is 3.28. The van der Waals surface area contributed by atoms with E-state index in [-0.39, 0.29) is 5.78 Å². The van der Waals surface area contributed by atoms with Crippen molar-refractivity contribution in [3.63, 3.8) is 0 Å². The minimum absolute atomic E-state index is 0.0549. The molecule has 3 aromatic rings. The highest BCUT2D eigenvalue weighted by molar-refractivity contribution is 9.10. The van der Waals surface area contributed by atoms with E-state index in [2.05, 4.69) is 15.9 Å². The molecular formula is C17H12BrNO. The van der Waals surface area contributed by atoms with Crippen LogP contribution in [0.4, 0.5) is 5.69 Å². The van der Waals surface area contributed by atoms with Gasteiger partial charge in [0.25, 0.3) is 0 Å². The number of fused-ring (bicyclic) bond motifs is 1. The Morgan fingerprint density at radius 2 is 1.65 bits per heavy atom. The molecule has 0 aliphatic heterocycles. The van der Waals surface area contributed by atoms with Gasteiger partial charge in [-0.3, -0.25) is 4.79 Å². The molecule has 0 saturated carbocycles. The molecule has 0 aliphatic rings. The van der Waals surface area contributed by atoms with Gasteiger partial charge in [0.15, 0.2) is 5.78 Å². The van der Waals surface area contributed by atoms with Crippen LogP contribution < -0.4 is 5.73 Å². The highest BCUT2D eigenvalue weighted by atomic mass is 79.9. The Bertz CT molecular complexity index is 811. The third-order valence-electron chi connectivity index (χ3n) is 3.27. The average Bonchev–Trinajstić information content (AvgIpc) is 2.46. The van der Waals surface area contributed by atoms with Crippen LogP contribution in [0.1, 0.15) is 15.9 Å². The van der Waals surface area contributed by atoms with Gasteiger partial charge < -0.3 is 5.73 Å². The van der Waals surface area contributed by atoms with Gasteiger partial charge in [-0.05, 0) is 35.0 Å². The zero-order valence-electron chi connectivity index (χ0n) is 10.6. The minimum Gasteiger partial charge on any atom is -0.398 e. The molecule has 20 heavy (non-hydrogen) atoms. The summed E-state index contributed by atoms with van der Waals surface area (Å²) >= 11 is 3.34. The van der Waals surface area contributed by atoms with Gasteiger partial charge in [-0.1, -0.05) is 52.3 Å². The van der Waals surface area contributed by atoms with Crippen LogP contribution in [0.15, 0.2) is 65.1 Å². The van der Waals surface area contributed by atoms with Crippen LogP contribution in [-0.2, 0) is 0 Å². The quantitative estimate of drug-likeness (QED) is 0.560. The number of rotatable bonds is 2. The van der Waals surface area contributed by atoms with Crippen molar-refractivity contribution >= 4 is 38.2 Å². The summed E-state index contributed by atoms with van der Waals surface area (Å²) in [5.74, 6) is -0.0549. The summed E-state index contributed by atoms with van der Waals surface area (Å²) in [5, 5.41) is 2.17. The molecule has 98 valence electrons. The summed E-state index contributed by atoms with van der Waals surface area (Å²) < 4.78 is 0.866. The van der Waals surface area contributed by atoms with Gasteiger partial charge in [-0.25, -0.2) is 0 Å². The molecular weight excluding hydrogens is 314 g/mol. The van der Waals surface area contributed by atoms with Gasteiger partial charge in [0.05, 0.1) is 0 Å². The zero-order chi connectivity index (χ0) is 14.1. The number of halogens is 1. The van der Waals surface area contributed by atoms with Gasteiger partial charge in [-0.2, -0.15) is 0 Å². The number of carbonyl (C=O) groups excluding carboxylic acids is 1. The maximum absolute atomic E-state index is 12.5. The Labute approximate surface area is 125 Å². The number of hydrogen-bond acceptors (Lipinski definition) is 2. The molecule has 0 bridgehead atoms. The molecule has 0 radical (unpaired) electrons. The molecule has 0 aromatic heterocycles. The lowest BCUT2D eigenvalue weighted by atomic mass is 9.99. The Morgan fingerprint density at radius 3 is 2.40 bits per heavy atom. The van der Waals surface area contributed by atoms with Gasteiger partial charge in [0.1, 0.15) is 0 Å². The first kappa shape index (κ1) is 12.9. The van der Waals surface area contributed by atoms with Gasteiger partial charge in [0, 0.05) is 21.3 Å². The van der Waals surface area contributed by atoms with E-state index in [1.807, 2.05) is 48.5 Å². The monoisotopic (exact) mass is 325 g/mol. The van der Waals surface area contributed by atoms with Crippen LogP contribution in [-0.4, -0.2) is 5.78 Å². The number of nitrogens with two attached hydrogens (primary N) is 1. The van der Waals surface area contributed by atoms with Crippen molar-refractivity contribution in [2.24, 2.45) is 0 Å². The van der Waals surface area contributed by atoms with E-state index in [1.165, 1.54) is 0 Å². The van der Waals surface area contributed by atoms with Gasteiger partial charge in [0.2, 0.25) is 0 Å². The number of ketones is 1. The number of carbonyl (C=O) groups is 1. The van der Waals surface area contributed by atoms with E-state index in [0.717, 1.165) is 15.2 Å². The third kappa shape index (κ3) is 2.32. The molecule has 3 heteroatoms. The maximum atomic E-state index is 12.5. The van der Waals surface area contributed by atoms with Gasteiger partial charge in [-0.15, -0.1) is 0 Å². The van der Waals surface area contributed by atoms with Gasteiger partial charge >= 0.3 is 0 Å². The lowest BCUT2D eigenvalue weighted by Gasteiger charge is -2.06. The second-order valence-corrected chi connectivity index (χ2v) is 5.54. The predicted molar refractivity (Wildman–Crippen MR) is 85.9 cm³/mol. The zero-order valence-corrected chi connectivity index (χ0v) is 12.2. The van der Waals surface area contributed by atoms with E-state index in [1.54, 1.807) is 12.1 Å². The molecule has 0 amide bonds. The first-order valence-corrected chi connectivity index (χ1v) is 7.03. The van der Waals surface area contributed by atoms with Crippen molar-refractivity contribution < 1.29 is 4.79 Å². The fourth-order valence-corrected chi connectivity index (χ4v) is 2.61. The average molecular weight is 326 g/mol. The van der Waals surface area contributed by atoms with Crippen molar-refractivity contribution in [2.45, 2.75) is 0 Å². The van der Waals surface area contributed by atoms with Crippen molar-refractivity contribution in [1.29, 1.82) is 0 Å². The lowest BCUT2D eigenvalue weighted by molar-refractivity contribution is 0.103. The fraction of sp³-hybridized carbons (Fsp3) is 0. The van der Waals surface area contributed by atoms with Crippen molar-refractivity contribution in [1.82, 2.24) is 0 Å². The third-order valence-corrected chi connectivity index (χ3v) is 3.76. The molecule has 3 rings (SSSR count). The standard InChI is InChI=1S/C17H12BrNO/c18-14-7-8-15(16(19)10-14)17(20)13-6-5-11-3-1-2-4-12(11)9-13/h1-10H,19H2. The molecule has 0 spiro atoms. The summed E-state index contributed by atoms with van der Waals surface area (Å²) in [6.45, 7) is 0. The summed E-state index contributed by atoms with van der Waals surface area (Å²) in [5.41, 5.74) is 7.59. The highest BCUT2D eigenvalue weighted by Gasteiger charge is 2.12. The molecule has 0 fully saturated rings. The van der Waals surface area contributed by atoms with Crippen LogP contribution in [0.5, 0.6) is 0 Å². The first-order chi connectivity index (χ1) is 9.65. The number of benzene rings is 3. The van der Waals surface area contributed by atoms with Crippen LogP contribution in [0.3, 0.4) is 0 Å². The number of anilines is 1. The lowest BCUT2D eigenvalue weighted by Crippen LogP contribution is -2.05. The molecule has 3 aromatic carbocycles. The van der Waals surface area contributed by atoms with E-state index in [9.17, 15) is 4.79 Å². The number of hydrogen-bond donors (Lipinski definition) is 1. The van der Waals surface area contributed by atoms with E-state index >= 15 is 0 Å². The molecule has 0 atom stereocenters. The van der Waals surface area contributed by atoms with E-state index < -0.39 is 0 Å². The SMILES string of the molecule is Nc1cc(Br)ccc1C(=O)c1ccc2ccccc2c1. The van der Waals surface area contributed by atoms with Crippen molar-refractivity contribution in [2.75, 3.05) is 5.73 Å². The molecule has 0 saturated heterocycles. The second kappa shape index (κ2) is 5.10. The highest BCUT2D eigenvalue weighted by Crippen LogP contribution is 2.23. The summed E-state index contributed by atoms with van der Waals surface area (Å²) in [6, 6.07) is 19.0. The minimum atomic E-state index is -0.0549. The number of nitrogen functional groups attached to an aromatic ring is 1. The van der Waals surface area contributed by atoms with Crippen molar-refractivity contribution in [3.05, 3.63) is 76.3 Å². The van der Waals surface area contributed by atoms with E-state index in [4.69, 9.17) is 5.73 Å². The smallest absolute Gasteiger partial charge is 0.195 e. The van der Waals surface area contributed by atoms with E-state index in [0.29, 0.717) is 16.8 Å².